The first kappa shape index (κ1) is 19.4. The van der Waals surface area contributed by atoms with Gasteiger partial charge in [-0.2, -0.15) is 0 Å². The van der Waals surface area contributed by atoms with Crippen molar-refractivity contribution in [3.8, 4) is 5.75 Å². The van der Waals surface area contributed by atoms with Gasteiger partial charge in [0.05, 0.1) is 6.26 Å². The Morgan fingerprint density at radius 3 is 2.24 bits per heavy atom. The van der Waals surface area contributed by atoms with Crippen molar-refractivity contribution in [2.24, 2.45) is 0 Å². The summed E-state index contributed by atoms with van der Waals surface area (Å²) in [7, 11) is -3.21. The molecule has 0 saturated heterocycles. The molecule has 2 atom stereocenters. The molecule has 0 bridgehead atoms. The molecule has 2 aromatic carbocycles. The molecule has 0 aromatic heterocycles. The SMILES string of the molecule is CC(CNCc1ccc(C(C)NS(C)(=O)=O)cc1)Oc1ccccc1. The summed E-state index contributed by atoms with van der Waals surface area (Å²) in [4.78, 5) is 0. The standard InChI is InChI=1S/C19H26N2O3S/c1-15(24-19-7-5-4-6-8-19)13-20-14-17-9-11-18(12-10-17)16(2)21-25(3,22)23/h4-12,15-16,20-21H,13-14H2,1-3H3. The van der Waals surface area contributed by atoms with Crippen LogP contribution in [-0.4, -0.2) is 27.3 Å². The third-order valence-electron chi connectivity index (χ3n) is 3.71. The number of hydrogen-bond acceptors (Lipinski definition) is 4. The van der Waals surface area contributed by atoms with Crippen molar-refractivity contribution in [3.05, 3.63) is 65.7 Å². The summed E-state index contributed by atoms with van der Waals surface area (Å²) in [6.45, 7) is 5.33. The summed E-state index contributed by atoms with van der Waals surface area (Å²) in [5, 5.41) is 3.37. The predicted molar refractivity (Wildman–Crippen MR) is 101 cm³/mol. The average Bonchev–Trinajstić information content (AvgIpc) is 2.55. The second-order valence-electron chi connectivity index (χ2n) is 6.23. The highest BCUT2D eigenvalue weighted by Crippen LogP contribution is 2.14. The van der Waals surface area contributed by atoms with Crippen LogP contribution in [0.3, 0.4) is 0 Å². The van der Waals surface area contributed by atoms with Crippen LogP contribution in [0.15, 0.2) is 54.6 Å². The minimum Gasteiger partial charge on any atom is -0.489 e. The largest absolute Gasteiger partial charge is 0.489 e. The van der Waals surface area contributed by atoms with Crippen molar-refractivity contribution in [1.82, 2.24) is 10.0 Å². The Labute approximate surface area is 150 Å². The van der Waals surface area contributed by atoms with Crippen molar-refractivity contribution in [2.45, 2.75) is 32.5 Å². The molecule has 0 spiro atoms. The zero-order valence-corrected chi connectivity index (χ0v) is 15.7. The number of benzene rings is 2. The van der Waals surface area contributed by atoms with E-state index in [1.54, 1.807) is 0 Å². The van der Waals surface area contributed by atoms with Gasteiger partial charge < -0.3 is 10.1 Å². The zero-order chi connectivity index (χ0) is 18.3. The van der Waals surface area contributed by atoms with Crippen LogP contribution in [0.2, 0.25) is 0 Å². The maximum Gasteiger partial charge on any atom is 0.209 e. The van der Waals surface area contributed by atoms with E-state index in [9.17, 15) is 8.42 Å². The van der Waals surface area contributed by atoms with Crippen molar-refractivity contribution >= 4 is 10.0 Å². The molecule has 6 heteroatoms. The molecule has 2 N–H and O–H groups in total. The molecule has 0 aliphatic carbocycles. The Balaban J connectivity index is 1.77. The topological polar surface area (TPSA) is 67.4 Å². The lowest BCUT2D eigenvalue weighted by Gasteiger charge is -2.16. The minimum atomic E-state index is -3.21. The highest BCUT2D eigenvalue weighted by molar-refractivity contribution is 7.88. The van der Waals surface area contributed by atoms with Crippen LogP contribution < -0.4 is 14.8 Å². The van der Waals surface area contributed by atoms with Crippen LogP contribution in [0.25, 0.3) is 0 Å². The zero-order valence-electron chi connectivity index (χ0n) is 14.9. The quantitative estimate of drug-likeness (QED) is 0.720. The fraction of sp³-hybridized carbons (Fsp3) is 0.368. The Hall–Kier alpha value is -1.89. The van der Waals surface area contributed by atoms with Crippen LogP contribution in [0.1, 0.15) is 31.0 Å². The Morgan fingerprint density at radius 1 is 1.00 bits per heavy atom. The first-order valence-electron chi connectivity index (χ1n) is 8.32. The number of para-hydroxylation sites is 1. The molecule has 0 fully saturated rings. The number of hydrogen-bond donors (Lipinski definition) is 2. The highest BCUT2D eigenvalue weighted by atomic mass is 32.2. The van der Waals surface area contributed by atoms with Gasteiger partial charge in [-0.1, -0.05) is 42.5 Å². The van der Waals surface area contributed by atoms with E-state index >= 15 is 0 Å². The van der Waals surface area contributed by atoms with Crippen LogP contribution in [0.5, 0.6) is 5.75 Å². The number of rotatable bonds is 9. The van der Waals surface area contributed by atoms with Gasteiger partial charge in [0, 0.05) is 19.1 Å². The summed E-state index contributed by atoms with van der Waals surface area (Å²) < 4.78 is 31.0. The average molecular weight is 362 g/mol. The van der Waals surface area contributed by atoms with Crippen molar-refractivity contribution in [1.29, 1.82) is 0 Å². The molecular formula is C19H26N2O3S. The Kier molecular flexibility index (Phi) is 6.99. The molecule has 0 radical (unpaired) electrons. The van der Waals surface area contributed by atoms with E-state index in [1.165, 1.54) is 6.26 Å². The monoisotopic (exact) mass is 362 g/mol. The van der Waals surface area contributed by atoms with Gasteiger partial charge in [-0.15, -0.1) is 0 Å². The summed E-state index contributed by atoms with van der Waals surface area (Å²) in [5.41, 5.74) is 2.08. The minimum absolute atomic E-state index is 0.0701. The van der Waals surface area contributed by atoms with Gasteiger partial charge >= 0.3 is 0 Å². The van der Waals surface area contributed by atoms with Gasteiger partial charge in [-0.25, -0.2) is 13.1 Å². The van der Waals surface area contributed by atoms with E-state index in [2.05, 4.69) is 10.0 Å². The maximum absolute atomic E-state index is 11.3. The fourth-order valence-electron chi connectivity index (χ4n) is 2.51. The molecule has 0 aliphatic rings. The van der Waals surface area contributed by atoms with E-state index in [-0.39, 0.29) is 12.1 Å². The molecule has 0 amide bonds. The van der Waals surface area contributed by atoms with Crippen LogP contribution in [0, 0.1) is 0 Å². The number of ether oxygens (including phenoxy) is 1. The molecule has 0 saturated carbocycles. The van der Waals surface area contributed by atoms with Gasteiger partial charge in [-0.05, 0) is 37.1 Å². The molecular weight excluding hydrogens is 336 g/mol. The Morgan fingerprint density at radius 2 is 1.64 bits per heavy atom. The first-order chi connectivity index (χ1) is 11.8. The smallest absolute Gasteiger partial charge is 0.209 e. The van der Waals surface area contributed by atoms with Crippen molar-refractivity contribution in [2.75, 3.05) is 12.8 Å². The van der Waals surface area contributed by atoms with Crippen molar-refractivity contribution < 1.29 is 13.2 Å². The summed E-state index contributed by atoms with van der Waals surface area (Å²) in [6.07, 6.45) is 1.24. The van der Waals surface area contributed by atoms with Crippen LogP contribution in [0.4, 0.5) is 0 Å². The second-order valence-corrected chi connectivity index (χ2v) is 8.01. The Bertz CT molecular complexity index is 746. The van der Waals surface area contributed by atoms with E-state index in [0.717, 1.165) is 30.0 Å². The lowest BCUT2D eigenvalue weighted by Crippen LogP contribution is -2.28. The predicted octanol–water partition coefficient (Wildman–Crippen LogP) is 2.85. The van der Waals surface area contributed by atoms with Gasteiger partial charge in [0.1, 0.15) is 11.9 Å². The van der Waals surface area contributed by atoms with E-state index in [0.29, 0.717) is 0 Å². The first-order valence-corrected chi connectivity index (χ1v) is 10.2. The van der Waals surface area contributed by atoms with Crippen molar-refractivity contribution in [3.63, 3.8) is 0 Å². The van der Waals surface area contributed by atoms with E-state index in [1.807, 2.05) is 68.4 Å². The normalized spacial score (nSPS) is 14.0. The molecule has 2 aromatic rings. The summed E-state index contributed by atoms with van der Waals surface area (Å²) in [5.74, 6) is 0.869. The highest BCUT2D eigenvalue weighted by Gasteiger charge is 2.10. The third-order valence-corrected chi connectivity index (χ3v) is 4.49. The van der Waals surface area contributed by atoms with Gasteiger partial charge in [0.2, 0.25) is 10.0 Å². The third kappa shape index (κ3) is 7.25. The molecule has 0 heterocycles. The lowest BCUT2D eigenvalue weighted by molar-refractivity contribution is 0.217. The molecule has 5 nitrogen and oxygen atoms in total. The van der Waals surface area contributed by atoms with Gasteiger partial charge in [0.15, 0.2) is 0 Å². The summed E-state index contributed by atoms with van der Waals surface area (Å²) in [6, 6.07) is 17.4. The number of sulfonamides is 1. The van der Waals surface area contributed by atoms with Crippen LogP contribution >= 0.6 is 0 Å². The molecule has 136 valence electrons. The fourth-order valence-corrected chi connectivity index (χ4v) is 3.28. The molecule has 25 heavy (non-hydrogen) atoms. The van der Waals surface area contributed by atoms with E-state index < -0.39 is 10.0 Å². The maximum atomic E-state index is 11.3. The molecule has 2 rings (SSSR count). The molecule has 0 aliphatic heterocycles. The summed E-state index contributed by atoms with van der Waals surface area (Å²) >= 11 is 0. The molecule has 2 unspecified atom stereocenters. The van der Waals surface area contributed by atoms with Gasteiger partial charge in [0.25, 0.3) is 0 Å². The second kappa shape index (κ2) is 8.99. The number of nitrogens with one attached hydrogen (secondary N) is 2. The van der Waals surface area contributed by atoms with E-state index in [4.69, 9.17) is 4.74 Å². The van der Waals surface area contributed by atoms with Gasteiger partial charge in [-0.3, -0.25) is 0 Å². The lowest BCUT2D eigenvalue weighted by atomic mass is 10.1. The van der Waals surface area contributed by atoms with Crippen LogP contribution in [-0.2, 0) is 16.6 Å².